The number of hydrogen-bond donors (Lipinski definition) is 0. The minimum atomic E-state index is -0.410. The van der Waals surface area contributed by atoms with Gasteiger partial charge in [0.05, 0.1) is 16.3 Å². The third-order valence-corrected chi connectivity index (χ3v) is 3.94. The SMILES string of the molecule is CSc1ncccc1C(=O)OCc1cn2cc(Cl)ccc2n1. The van der Waals surface area contributed by atoms with Crippen molar-refractivity contribution in [3.8, 4) is 0 Å². The zero-order valence-corrected chi connectivity index (χ0v) is 13.3. The molecule has 0 aliphatic heterocycles. The zero-order chi connectivity index (χ0) is 15.5. The molecule has 3 aromatic heterocycles. The van der Waals surface area contributed by atoms with Crippen LogP contribution in [0.2, 0.25) is 5.02 Å². The molecule has 0 radical (unpaired) electrons. The summed E-state index contributed by atoms with van der Waals surface area (Å²) < 4.78 is 7.11. The fraction of sp³-hybridized carbons (Fsp3) is 0.133. The van der Waals surface area contributed by atoms with Crippen molar-refractivity contribution >= 4 is 35.0 Å². The quantitative estimate of drug-likeness (QED) is 0.540. The van der Waals surface area contributed by atoms with Crippen molar-refractivity contribution in [2.75, 3.05) is 6.26 Å². The second kappa shape index (κ2) is 6.37. The molecule has 0 spiro atoms. The molecule has 3 heterocycles. The minimum Gasteiger partial charge on any atom is -0.455 e. The molecule has 0 atom stereocenters. The molecule has 7 heteroatoms. The number of pyridine rings is 2. The number of ether oxygens (including phenoxy) is 1. The average molecular weight is 334 g/mol. The second-order valence-corrected chi connectivity index (χ2v) is 5.71. The molecule has 0 saturated carbocycles. The van der Waals surface area contributed by atoms with Crippen molar-refractivity contribution in [3.05, 3.63) is 59.1 Å². The van der Waals surface area contributed by atoms with E-state index in [1.54, 1.807) is 47.3 Å². The zero-order valence-electron chi connectivity index (χ0n) is 11.7. The standard InChI is InChI=1S/C15H12ClN3O2S/c1-22-14-12(3-2-6-17-14)15(20)21-9-11-8-19-7-10(16)4-5-13(19)18-11/h2-8H,9H2,1H3. The number of aromatic nitrogens is 3. The maximum atomic E-state index is 12.1. The number of carbonyl (C=O) groups is 1. The third-order valence-electron chi connectivity index (χ3n) is 3.00. The van der Waals surface area contributed by atoms with Gasteiger partial charge in [-0.15, -0.1) is 11.8 Å². The van der Waals surface area contributed by atoms with Crippen molar-refractivity contribution in [3.63, 3.8) is 0 Å². The first-order valence-electron chi connectivity index (χ1n) is 6.46. The van der Waals surface area contributed by atoms with Crippen molar-refractivity contribution in [2.24, 2.45) is 0 Å². The first-order chi connectivity index (χ1) is 10.7. The Morgan fingerprint density at radius 3 is 3.05 bits per heavy atom. The summed E-state index contributed by atoms with van der Waals surface area (Å²) in [6.07, 6.45) is 7.05. The summed E-state index contributed by atoms with van der Waals surface area (Å²) in [5.74, 6) is -0.410. The second-order valence-electron chi connectivity index (χ2n) is 4.48. The highest BCUT2D eigenvalue weighted by atomic mass is 35.5. The van der Waals surface area contributed by atoms with E-state index in [4.69, 9.17) is 16.3 Å². The van der Waals surface area contributed by atoms with Crippen LogP contribution in [-0.2, 0) is 11.3 Å². The number of halogens is 1. The van der Waals surface area contributed by atoms with Crippen LogP contribution in [0.1, 0.15) is 16.1 Å². The van der Waals surface area contributed by atoms with Gasteiger partial charge in [-0.1, -0.05) is 11.6 Å². The van der Waals surface area contributed by atoms with Gasteiger partial charge in [0.15, 0.2) is 0 Å². The van der Waals surface area contributed by atoms with Crippen LogP contribution in [-0.4, -0.2) is 26.6 Å². The molecule has 0 fully saturated rings. The van der Waals surface area contributed by atoms with Gasteiger partial charge in [0.25, 0.3) is 0 Å². The Bertz CT molecular complexity index is 835. The van der Waals surface area contributed by atoms with Gasteiger partial charge < -0.3 is 9.14 Å². The molecule has 0 aliphatic carbocycles. The summed E-state index contributed by atoms with van der Waals surface area (Å²) >= 11 is 7.33. The van der Waals surface area contributed by atoms with Crippen LogP contribution >= 0.6 is 23.4 Å². The van der Waals surface area contributed by atoms with Gasteiger partial charge in [-0.3, -0.25) is 0 Å². The molecule has 0 aliphatic rings. The average Bonchev–Trinajstić information content (AvgIpc) is 2.94. The number of fused-ring (bicyclic) bond motifs is 1. The van der Waals surface area contributed by atoms with Crippen LogP contribution in [0, 0.1) is 0 Å². The van der Waals surface area contributed by atoms with Crippen LogP contribution in [0.4, 0.5) is 0 Å². The molecular weight excluding hydrogens is 322 g/mol. The normalized spacial score (nSPS) is 10.8. The number of nitrogens with zero attached hydrogens (tertiary/aromatic N) is 3. The Labute approximate surface area is 136 Å². The lowest BCUT2D eigenvalue weighted by Crippen LogP contribution is -2.07. The van der Waals surface area contributed by atoms with Crippen LogP contribution in [0.25, 0.3) is 5.65 Å². The van der Waals surface area contributed by atoms with E-state index in [0.717, 1.165) is 5.65 Å². The first-order valence-corrected chi connectivity index (χ1v) is 8.07. The van der Waals surface area contributed by atoms with E-state index < -0.39 is 5.97 Å². The largest absolute Gasteiger partial charge is 0.455 e. The number of hydrogen-bond acceptors (Lipinski definition) is 5. The summed E-state index contributed by atoms with van der Waals surface area (Å²) in [6.45, 7) is 0.0981. The van der Waals surface area contributed by atoms with E-state index in [-0.39, 0.29) is 6.61 Å². The molecule has 3 aromatic rings. The highest BCUT2D eigenvalue weighted by Gasteiger charge is 2.14. The first kappa shape index (κ1) is 14.9. The summed E-state index contributed by atoms with van der Waals surface area (Å²) in [6, 6.07) is 6.98. The Morgan fingerprint density at radius 2 is 2.23 bits per heavy atom. The van der Waals surface area contributed by atoms with E-state index in [2.05, 4.69) is 9.97 Å². The number of imidazole rings is 1. The van der Waals surface area contributed by atoms with Crippen molar-refractivity contribution in [2.45, 2.75) is 11.6 Å². The van der Waals surface area contributed by atoms with Gasteiger partial charge in [0, 0.05) is 18.6 Å². The molecule has 0 aromatic carbocycles. The van der Waals surface area contributed by atoms with Gasteiger partial charge in [-0.05, 0) is 30.5 Å². The maximum Gasteiger partial charge on any atom is 0.341 e. The third kappa shape index (κ3) is 3.08. The van der Waals surface area contributed by atoms with E-state index in [1.807, 2.05) is 6.26 Å². The molecule has 22 heavy (non-hydrogen) atoms. The molecule has 0 bridgehead atoms. The molecule has 112 valence electrons. The molecule has 3 rings (SSSR count). The highest BCUT2D eigenvalue weighted by molar-refractivity contribution is 7.98. The van der Waals surface area contributed by atoms with E-state index >= 15 is 0 Å². The maximum absolute atomic E-state index is 12.1. The molecular formula is C15H12ClN3O2S. The van der Waals surface area contributed by atoms with Crippen LogP contribution in [0.3, 0.4) is 0 Å². The fourth-order valence-corrected chi connectivity index (χ4v) is 2.72. The lowest BCUT2D eigenvalue weighted by molar-refractivity contribution is 0.0463. The molecule has 0 saturated heterocycles. The molecule has 5 nitrogen and oxygen atoms in total. The Morgan fingerprint density at radius 1 is 1.36 bits per heavy atom. The number of thioether (sulfide) groups is 1. The van der Waals surface area contributed by atoms with Crippen molar-refractivity contribution in [1.29, 1.82) is 0 Å². The number of carbonyl (C=O) groups excluding carboxylic acids is 1. The fourth-order valence-electron chi connectivity index (χ4n) is 2.01. The topological polar surface area (TPSA) is 56.5 Å². The van der Waals surface area contributed by atoms with E-state index in [0.29, 0.717) is 21.3 Å². The molecule has 0 N–H and O–H groups in total. The van der Waals surface area contributed by atoms with E-state index in [1.165, 1.54) is 11.8 Å². The molecule has 0 unspecified atom stereocenters. The van der Waals surface area contributed by atoms with Crippen molar-refractivity contribution in [1.82, 2.24) is 14.4 Å². The lowest BCUT2D eigenvalue weighted by Gasteiger charge is -2.05. The van der Waals surface area contributed by atoms with Crippen LogP contribution in [0.5, 0.6) is 0 Å². The summed E-state index contributed by atoms with van der Waals surface area (Å²) in [4.78, 5) is 20.6. The Balaban J connectivity index is 1.74. The summed E-state index contributed by atoms with van der Waals surface area (Å²) in [7, 11) is 0. The van der Waals surface area contributed by atoms with Gasteiger partial charge in [0.1, 0.15) is 17.3 Å². The van der Waals surface area contributed by atoms with Gasteiger partial charge >= 0.3 is 5.97 Å². The smallest absolute Gasteiger partial charge is 0.341 e. The predicted molar refractivity (Wildman–Crippen MR) is 85.3 cm³/mol. The predicted octanol–water partition coefficient (Wildman–Crippen LogP) is 3.46. The van der Waals surface area contributed by atoms with Gasteiger partial charge in [-0.2, -0.15) is 0 Å². The van der Waals surface area contributed by atoms with Crippen molar-refractivity contribution < 1.29 is 9.53 Å². The van der Waals surface area contributed by atoms with E-state index in [9.17, 15) is 4.79 Å². The number of rotatable bonds is 4. The lowest BCUT2D eigenvalue weighted by atomic mass is 10.3. The van der Waals surface area contributed by atoms with Crippen LogP contribution in [0.15, 0.2) is 47.9 Å². The van der Waals surface area contributed by atoms with Gasteiger partial charge in [-0.25, -0.2) is 14.8 Å². The Kier molecular flexibility index (Phi) is 4.31. The summed E-state index contributed by atoms with van der Waals surface area (Å²) in [5, 5.41) is 1.27. The Hall–Kier alpha value is -2.05. The minimum absolute atomic E-state index is 0.0981. The monoisotopic (exact) mass is 333 g/mol. The van der Waals surface area contributed by atoms with Gasteiger partial charge in [0.2, 0.25) is 0 Å². The van der Waals surface area contributed by atoms with Crippen LogP contribution < -0.4 is 0 Å². The highest BCUT2D eigenvalue weighted by Crippen LogP contribution is 2.18. The molecule has 0 amide bonds. The number of esters is 1. The summed E-state index contributed by atoms with van der Waals surface area (Å²) in [5.41, 5.74) is 1.87.